The highest BCUT2D eigenvalue weighted by Gasteiger charge is 2.34. The maximum Gasteiger partial charge on any atom is 0.0476 e. The Kier molecular flexibility index (Phi) is 6.12. The van der Waals surface area contributed by atoms with E-state index in [1.807, 2.05) is 29.8 Å². The minimum atomic E-state index is -0.0285. The molecule has 0 unspecified atom stereocenters. The average molecular weight is 645 g/mol. The normalized spacial score (nSPS) is 13.3. The minimum Gasteiger partial charge on any atom is -0.310 e. The van der Waals surface area contributed by atoms with Crippen LogP contribution in [0.1, 0.15) is 25.0 Å². The van der Waals surface area contributed by atoms with Gasteiger partial charge in [0.15, 0.2) is 0 Å². The molecular formula is C46H32N2S. The molecule has 0 spiro atoms. The van der Waals surface area contributed by atoms with E-state index in [0.717, 1.165) is 28.2 Å². The molecule has 49 heavy (non-hydrogen) atoms. The van der Waals surface area contributed by atoms with Crippen molar-refractivity contribution in [1.29, 1.82) is 0 Å². The Balaban J connectivity index is 1.07. The first-order valence-corrected chi connectivity index (χ1v) is 17.7. The number of pyridine rings is 1. The summed E-state index contributed by atoms with van der Waals surface area (Å²) in [6, 6.07) is 53.6. The molecule has 0 saturated heterocycles. The molecule has 0 aliphatic heterocycles. The van der Waals surface area contributed by atoms with Crippen LogP contribution in [0.5, 0.6) is 0 Å². The average Bonchev–Trinajstić information content (AvgIpc) is 3.63. The Hall–Kier alpha value is -5.77. The lowest BCUT2D eigenvalue weighted by molar-refractivity contribution is 0.663. The van der Waals surface area contributed by atoms with Crippen LogP contribution in [0.4, 0.5) is 17.1 Å². The standard InChI is InChI=1S/C46H32N2S/c1-46(2)40-12-6-8-30-13-14-32-24-34(25-41(46)45(32)44(30)40)31-17-21-38-39-22-20-37(27-43(39)49-42(38)26-31)48(35-10-4-3-5-11-35)36-18-15-29(16-19-36)33-9-7-23-47-28-33/h3-28H,1-2H3. The molecule has 2 nitrogen and oxygen atoms in total. The summed E-state index contributed by atoms with van der Waals surface area (Å²) in [5.74, 6) is 0. The van der Waals surface area contributed by atoms with Crippen molar-refractivity contribution < 1.29 is 0 Å². The number of benzene rings is 7. The summed E-state index contributed by atoms with van der Waals surface area (Å²) < 4.78 is 2.60. The first-order chi connectivity index (χ1) is 24.0. The Morgan fingerprint density at radius 3 is 2.02 bits per heavy atom. The second-order valence-electron chi connectivity index (χ2n) is 13.7. The van der Waals surface area contributed by atoms with E-state index >= 15 is 0 Å². The highest BCUT2D eigenvalue weighted by molar-refractivity contribution is 7.25. The van der Waals surface area contributed by atoms with E-state index in [0.29, 0.717) is 0 Å². The highest BCUT2D eigenvalue weighted by atomic mass is 32.1. The van der Waals surface area contributed by atoms with E-state index in [2.05, 4.69) is 163 Å². The van der Waals surface area contributed by atoms with Crippen LogP contribution >= 0.6 is 11.3 Å². The number of hydrogen-bond donors (Lipinski definition) is 0. The van der Waals surface area contributed by atoms with E-state index in [1.165, 1.54) is 64.0 Å². The summed E-state index contributed by atoms with van der Waals surface area (Å²) in [7, 11) is 0. The van der Waals surface area contributed by atoms with Gasteiger partial charge < -0.3 is 4.90 Å². The van der Waals surface area contributed by atoms with E-state index in [4.69, 9.17) is 0 Å². The van der Waals surface area contributed by atoms with Gasteiger partial charge in [-0.1, -0.05) is 98.8 Å². The van der Waals surface area contributed by atoms with Crippen molar-refractivity contribution in [2.45, 2.75) is 19.3 Å². The zero-order valence-electron chi connectivity index (χ0n) is 27.3. The van der Waals surface area contributed by atoms with E-state index in [-0.39, 0.29) is 5.41 Å². The summed E-state index contributed by atoms with van der Waals surface area (Å²) >= 11 is 1.88. The monoisotopic (exact) mass is 644 g/mol. The molecule has 9 aromatic rings. The molecule has 2 aromatic heterocycles. The van der Waals surface area contributed by atoms with Crippen molar-refractivity contribution in [2.75, 3.05) is 4.90 Å². The number of hydrogen-bond acceptors (Lipinski definition) is 3. The van der Waals surface area contributed by atoms with Gasteiger partial charge in [-0.15, -0.1) is 11.3 Å². The fraction of sp³-hybridized carbons (Fsp3) is 0.0652. The molecule has 0 bridgehead atoms. The lowest BCUT2D eigenvalue weighted by Gasteiger charge is -2.25. The molecular weight excluding hydrogens is 613 g/mol. The van der Waals surface area contributed by atoms with Gasteiger partial charge in [0.1, 0.15) is 0 Å². The molecule has 1 aliphatic carbocycles. The van der Waals surface area contributed by atoms with Gasteiger partial charge in [0.2, 0.25) is 0 Å². The van der Waals surface area contributed by atoms with Crippen molar-refractivity contribution in [3.05, 3.63) is 169 Å². The lowest BCUT2D eigenvalue weighted by Crippen LogP contribution is -2.15. The summed E-state index contributed by atoms with van der Waals surface area (Å²) in [5.41, 5.74) is 11.1. The fourth-order valence-electron chi connectivity index (χ4n) is 8.01. The number of rotatable bonds is 5. The summed E-state index contributed by atoms with van der Waals surface area (Å²) in [4.78, 5) is 6.65. The quantitative estimate of drug-likeness (QED) is 0.173. The molecule has 2 heterocycles. The van der Waals surface area contributed by atoms with Gasteiger partial charge in [0, 0.05) is 55.0 Å². The van der Waals surface area contributed by atoms with Gasteiger partial charge >= 0.3 is 0 Å². The number of fused-ring (bicyclic) bond motifs is 3. The molecule has 1 aliphatic rings. The molecule has 0 N–H and O–H groups in total. The fourth-order valence-corrected chi connectivity index (χ4v) is 9.19. The van der Waals surface area contributed by atoms with Gasteiger partial charge in [-0.05, 0) is 116 Å². The zero-order chi connectivity index (χ0) is 32.7. The van der Waals surface area contributed by atoms with Crippen LogP contribution in [0.25, 0.3) is 64.0 Å². The van der Waals surface area contributed by atoms with Crippen LogP contribution in [0.2, 0.25) is 0 Å². The van der Waals surface area contributed by atoms with Crippen LogP contribution in [0.3, 0.4) is 0 Å². The van der Waals surface area contributed by atoms with Gasteiger partial charge in [0.05, 0.1) is 0 Å². The Labute approximate surface area is 289 Å². The summed E-state index contributed by atoms with van der Waals surface area (Å²) in [6.07, 6.45) is 3.73. The van der Waals surface area contributed by atoms with E-state index in [1.54, 1.807) is 0 Å². The second kappa shape index (κ2) is 10.6. The van der Waals surface area contributed by atoms with Crippen molar-refractivity contribution in [3.8, 4) is 22.3 Å². The first kappa shape index (κ1) is 28.3. The molecule has 3 heteroatoms. The van der Waals surface area contributed by atoms with Crippen molar-refractivity contribution in [1.82, 2.24) is 4.98 Å². The molecule has 0 atom stereocenters. The number of para-hydroxylation sites is 1. The maximum atomic E-state index is 4.31. The number of nitrogens with zero attached hydrogens (tertiary/aromatic N) is 2. The zero-order valence-corrected chi connectivity index (χ0v) is 28.1. The Morgan fingerprint density at radius 1 is 0.490 bits per heavy atom. The third kappa shape index (κ3) is 4.36. The number of aromatic nitrogens is 1. The van der Waals surface area contributed by atoms with Gasteiger partial charge in [-0.25, -0.2) is 0 Å². The van der Waals surface area contributed by atoms with Crippen LogP contribution in [-0.2, 0) is 5.41 Å². The van der Waals surface area contributed by atoms with Crippen molar-refractivity contribution in [3.63, 3.8) is 0 Å². The van der Waals surface area contributed by atoms with Gasteiger partial charge in [-0.2, -0.15) is 0 Å². The van der Waals surface area contributed by atoms with Crippen molar-refractivity contribution in [2.24, 2.45) is 0 Å². The second-order valence-corrected chi connectivity index (χ2v) is 14.8. The summed E-state index contributed by atoms with van der Waals surface area (Å²) in [5, 5.41) is 8.12. The van der Waals surface area contributed by atoms with Crippen molar-refractivity contribution >= 4 is 70.1 Å². The minimum absolute atomic E-state index is 0.0285. The van der Waals surface area contributed by atoms with E-state index in [9.17, 15) is 0 Å². The number of anilines is 3. The predicted octanol–water partition coefficient (Wildman–Crippen LogP) is 13.2. The number of thiophene rings is 1. The molecule has 0 radical (unpaired) electrons. The smallest absolute Gasteiger partial charge is 0.0476 e. The molecule has 232 valence electrons. The topological polar surface area (TPSA) is 16.1 Å². The Morgan fingerprint density at radius 2 is 1.20 bits per heavy atom. The molecule has 0 saturated carbocycles. The summed E-state index contributed by atoms with van der Waals surface area (Å²) in [6.45, 7) is 4.75. The molecule has 10 rings (SSSR count). The van der Waals surface area contributed by atoms with Gasteiger partial charge in [-0.3, -0.25) is 4.98 Å². The van der Waals surface area contributed by atoms with Crippen LogP contribution in [0, 0.1) is 0 Å². The SMILES string of the molecule is CC1(C)c2cccc3ccc4cc(-c5ccc6c(c5)sc5cc(N(c7ccccc7)c7ccc(-c8cccnc8)cc7)ccc56)cc1c4c23. The van der Waals surface area contributed by atoms with Crippen LogP contribution < -0.4 is 4.90 Å². The largest absolute Gasteiger partial charge is 0.310 e. The lowest BCUT2D eigenvalue weighted by atomic mass is 9.81. The Bertz CT molecular complexity index is 2720. The van der Waals surface area contributed by atoms with Gasteiger partial charge in [0.25, 0.3) is 0 Å². The maximum absolute atomic E-state index is 4.31. The van der Waals surface area contributed by atoms with Crippen LogP contribution in [-0.4, -0.2) is 4.98 Å². The predicted molar refractivity (Wildman–Crippen MR) is 210 cm³/mol. The molecule has 0 amide bonds. The molecule has 0 fully saturated rings. The highest BCUT2D eigenvalue weighted by Crippen LogP contribution is 2.50. The van der Waals surface area contributed by atoms with E-state index < -0.39 is 0 Å². The van der Waals surface area contributed by atoms with Crippen LogP contribution in [0.15, 0.2) is 158 Å². The third-order valence-electron chi connectivity index (χ3n) is 10.5. The first-order valence-electron chi connectivity index (χ1n) is 16.9. The third-order valence-corrected chi connectivity index (χ3v) is 11.6. The molecule has 7 aromatic carbocycles.